The Bertz CT molecular complexity index is 788. The molecule has 9 nitrogen and oxygen atoms in total. The number of nitrogens with two attached hydrogens (primary N) is 1. The fourth-order valence-corrected chi connectivity index (χ4v) is 2.67. The second kappa shape index (κ2) is 5.60. The van der Waals surface area contributed by atoms with E-state index in [2.05, 4.69) is 15.0 Å². The minimum Gasteiger partial charge on any atom is -0.510 e. The molecule has 23 heavy (non-hydrogen) atoms. The Balaban J connectivity index is 2.05. The molecule has 0 bridgehead atoms. The summed E-state index contributed by atoms with van der Waals surface area (Å²) in [6.45, 7) is 3.34. The average Bonchev–Trinajstić information content (AvgIpc) is 3.01. The summed E-state index contributed by atoms with van der Waals surface area (Å²) in [4.78, 5) is 11.9. The van der Waals surface area contributed by atoms with Crippen molar-refractivity contribution in [2.24, 2.45) is 0 Å². The van der Waals surface area contributed by atoms with Gasteiger partial charge in [0.1, 0.15) is 29.6 Å². The van der Waals surface area contributed by atoms with Crippen LogP contribution in [0.5, 0.6) is 0 Å². The number of nitrogen functional groups attached to an aromatic ring is 1. The quantitative estimate of drug-likeness (QED) is 0.458. The summed E-state index contributed by atoms with van der Waals surface area (Å²) in [7, 11) is 0. The van der Waals surface area contributed by atoms with Gasteiger partial charge in [-0.1, -0.05) is 0 Å². The lowest BCUT2D eigenvalue weighted by atomic mass is 10.1. The fourth-order valence-electron chi connectivity index (χ4n) is 2.50. The molecule has 1 fully saturated rings. The van der Waals surface area contributed by atoms with Gasteiger partial charge < -0.3 is 25.8 Å². The Morgan fingerprint density at radius 2 is 2.00 bits per heavy atom. The van der Waals surface area contributed by atoms with Crippen molar-refractivity contribution in [2.75, 3.05) is 5.73 Å². The molecule has 0 unspecified atom stereocenters. The molecule has 3 rings (SSSR count). The van der Waals surface area contributed by atoms with Gasteiger partial charge in [-0.3, -0.25) is 4.57 Å². The Hall–Kier alpha value is -1.94. The van der Waals surface area contributed by atoms with Gasteiger partial charge in [-0.15, -0.1) is 0 Å². The van der Waals surface area contributed by atoms with Crippen LogP contribution in [0.3, 0.4) is 0 Å². The van der Waals surface area contributed by atoms with Crippen LogP contribution in [0, 0.1) is 0 Å². The number of aromatic nitrogens is 4. The van der Waals surface area contributed by atoms with E-state index in [0.29, 0.717) is 11.1 Å². The summed E-state index contributed by atoms with van der Waals surface area (Å²) >= 11 is 5.80. The number of aliphatic hydroxyl groups excluding tert-OH is 3. The molecule has 1 aliphatic rings. The van der Waals surface area contributed by atoms with Gasteiger partial charge in [0.25, 0.3) is 0 Å². The number of halogens is 1. The Kier molecular flexibility index (Phi) is 3.88. The topological polar surface area (TPSA) is 140 Å². The molecule has 2 aromatic rings. The largest absolute Gasteiger partial charge is 0.510 e. The van der Waals surface area contributed by atoms with Gasteiger partial charge in [0.15, 0.2) is 17.7 Å². The third-order valence-electron chi connectivity index (χ3n) is 3.72. The molecule has 0 spiro atoms. The monoisotopic (exact) mass is 341 g/mol. The molecule has 3 heterocycles. The third-order valence-corrected chi connectivity index (χ3v) is 3.88. The van der Waals surface area contributed by atoms with Crippen LogP contribution in [0.1, 0.15) is 20.1 Å². The van der Waals surface area contributed by atoms with Gasteiger partial charge in [0, 0.05) is 0 Å². The molecule has 0 aliphatic carbocycles. The Morgan fingerprint density at radius 1 is 1.30 bits per heavy atom. The van der Waals surface area contributed by atoms with E-state index in [1.807, 2.05) is 0 Å². The van der Waals surface area contributed by atoms with E-state index in [4.69, 9.17) is 22.1 Å². The van der Waals surface area contributed by atoms with Crippen LogP contribution in [-0.4, -0.2) is 53.2 Å². The van der Waals surface area contributed by atoms with Gasteiger partial charge in [-0.05, 0) is 31.0 Å². The highest BCUT2D eigenvalue weighted by molar-refractivity contribution is 6.28. The second-order valence-electron chi connectivity index (χ2n) is 5.52. The Labute approximate surface area is 136 Å². The minimum atomic E-state index is -1.30. The molecular formula is C13H16ClN5O4. The predicted octanol–water partition coefficient (Wildman–Crippen LogP) is 0.533. The number of nitrogens with zero attached hydrogens (tertiary/aromatic N) is 4. The third kappa shape index (κ3) is 2.51. The lowest BCUT2D eigenvalue weighted by Gasteiger charge is -2.16. The van der Waals surface area contributed by atoms with Crippen molar-refractivity contribution >= 4 is 28.6 Å². The number of aliphatic hydroxyl groups is 3. The van der Waals surface area contributed by atoms with Crippen LogP contribution in [0.4, 0.5) is 5.82 Å². The molecule has 2 aromatic heterocycles. The molecule has 0 aromatic carbocycles. The number of rotatable bonds is 2. The van der Waals surface area contributed by atoms with Crippen LogP contribution in [0.25, 0.3) is 11.2 Å². The number of fused-ring (bicyclic) bond motifs is 1. The summed E-state index contributed by atoms with van der Waals surface area (Å²) in [5.74, 6) is -0.0360. The molecule has 4 atom stereocenters. The predicted molar refractivity (Wildman–Crippen MR) is 81.7 cm³/mol. The van der Waals surface area contributed by atoms with Crippen LogP contribution in [0.2, 0.25) is 5.28 Å². The zero-order valence-corrected chi connectivity index (χ0v) is 13.1. The summed E-state index contributed by atoms with van der Waals surface area (Å²) in [6, 6.07) is 0. The first kappa shape index (κ1) is 15.9. The number of ether oxygens (including phenoxy) is 1. The van der Waals surface area contributed by atoms with Crippen molar-refractivity contribution in [3.05, 3.63) is 22.9 Å². The standard InChI is InChI=1S/C13H16ClN5O4/c1-4(2)6(20)9-7(21)8(22)12(23-9)19-3-16-5-10(15)17-13(14)18-11(5)19/h3,7-9,12,20-22H,1-2H3,(H2,15,17,18)/t7-,8+,9+,12+/m0/s1. The van der Waals surface area contributed by atoms with E-state index in [-0.39, 0.29) is 22.5 Å². The molecular weight excluding hydrogens is 326 g/mol. The van der Waals surface area contributed by atoms with Gasteiger partial charge >= 0.3 is 0 Å². The molecule has 10 heteroatoms. The first-order valence-corrected chi connectivity index (χ1v) is 7.22. The van der Waals surface area contributed by atoms with Crippen LogP contribution in [0.15, 0.2) is 17.7 Å². The van der Waals surface area contributed by atoms with E-state index < -0.39 is 24.5 Å². The van der Waals surface area contributed by atoms with E-state index in [9.17, 15) is 15.3 Å². The number of hydrogen-bond acceptors (Lipinski definition) is 8. The maximum atomic E-state index is 10.3. The molecule has 0 amide bonds. The number of anilines is 1. The van der Waals surface area contributed by atoms with Crippen LogP contribution in [-0.2, 0) is 4.74 Å². The van der Waals surface area contributed by atoms with Gasteiger partial charge in [-0.25, -0.2) is 4.98 Å². The number of allylic oxidation sites excluding steroid dienone is 1. The van der Waals surface area contributed by atoms with Gasteiger partial charge in [0.05, 0.1) is 6.33 Å². The molecule has 1 saturated heterocycles. The van der Waals surface area contributed by atoms with E-state index in [1.165, 1.54) is 10.9 Å². The summed E-state index contributed by atoms with van der Waals surface area (Å²) < 4.78 is 7.01. The second-order valence-corrected chi connectivity index (χ2v) is 5.85. The van der Waals surface area contributed by atoms with Gasteiger partial charge in [-0.2, -0.15) is 9.97 Å². The highest BCUT2D eigenvalue weighted by atomic mass is 35.5. The smallest absolute Gasteiger partial charge is 0.226 e. The number of imidazole rings is 1. The first-order chi connectivity index (χ1) is 10.8. The van der Waals surface area contributed by atoms with Crippen molar-refractivity contribution in [1.29, 1.82) is 0 Å². The zero-order chi connectivity index (χ0) is 16.9. The van der Waals surface area contributed by atoms with E-state index in [1.54, 1.807) is 13.8 Å². The van der Waals surface area contributed by atoms with Crippen molar-refractivity contribution in [1.82, 2.24) is 19.5 Å². The van der Waals surface area contributed by atoms with Crippen LogP contribution >= 0.6 is 11.6 Å². The number of hydrogen-bond donors (Lipinski definition) is 4. The molecule has 0 saturated carbocycles. The highest BCUT2D eigenvalue weighted by Gasteiger charge is 2.46. The zero-order valence-electron chi connectivity index (χ0n) is 12.4. The average molecular weight is 342 g/mol. The van der Waals surface area contributed by atoms with Gasteiger partial charge in [0.2, 0.25) is 5.28 Å². The lowest BCUT2D eigenvalue weighted by molar-refractivity contribution is -0.0345. The summed E-state index contributed by atoms with van der Waals surface area (Å²) in [5, 5.41) is 30.4. The molecule has 124 valence electrons. The maximum Gasteiger partial charge on any atom is 0.226 e. The fraction of sp³-hybridized carbons (Fsp3) is 0.462. The maximum absolute atomic E-state index is 10.3. The first-order valence-electron chi connectivity index (χ1n) is 6.84. The van der Waals surface area contributed by atoms with Crippen molar-refractivity contribution in [3.63, 3.8) is 0 Å². The summed E-state index contributed by atoms with van der Waals surface area (Å²) in [5.41, 5.74) is 6.87. The molecule has 1 aliphatic heterocycles. The van der Waals surface area contributed by atoms with Crippen molar-refractivity contribution in [3.8, 4) is 0 Å². The molecule has 5 N–H and O–H groups in total. The lowest BCUT2D eigenvalue weighted by Crippen LogP contribution is -2.32. The van der Waals surface area contributed by atoms with E-state index >= 15 is 0 Å². The van der Waals surface area contributed by atoms with E-state index in [0.717, 1.165) is 0 Å². The minimum absolute atomic E-state index is 0.0755. The van der Waals surface area contributed by atoms with Crippen molar-refractivity contribution < 1.29 is 20.1 Å². The SMILES string of the molecule is CC(C)=C(O)[C@H]1O[C@@H](n2cnc3c(N)nc(Cl)nc32)[C@H](O)[C@@H]1O. The summed E-state index contributed by atoms with van der Waals surface area (Å²) in [6.07, 6.45) is -3.30. The van der Waals surface area contributed by atoms with Crippen LogP contribution < -0.4 is 5.73 Å². The normalized spacial score (nSPS) is 27.5. The van der Waals surface area contributed by atoms with Crippen molar-refractivity contribution in [2.45, 2.75) is 38.4 Å². The molecule has 0 radical (unpaired) electrons. The highest BCUT2D eigenvalue weighted by Crippen LogP contribution is 2.35. The Morgan fingerprint density at radius 3 is 2.65 bits per heavy atom.